The van der Waals surface area contributed by atoms with Crippen molar-refractivity contribution in [3.05, 3.63) is 79.4 Å². The average molecular weight is 438 g/mol. The lowest BCUT2D eigenvalue weighted by Crippen LogP contribution is -2.08. The minimum atomic E-state index is -0.566. The van der Waals surface area contributed by atoms with Gasteiger partial charge in [0.1, 0.15) is 17.2 Å². The van der Waals surface area contributed by atoms with Crippen LogP contribution in [0.2, 0.25) is 0 Å². The Morgan fingerprint density at radius 1 is 0.656 bits per heavy atom. The van der Waals surface area contributed by atoms with Gasteiger partial charge in [0, 0.05) is 12.2 Å². The highest BCUT2D eigenvalue weighted by atomic mass is 16.5. The molecular weight excluding hydrogens is 412 g/mol. The van der Waals surface area contributed by atoms with Crippen LogP contribution in [-0.4, -0.2) is 31.1 Å². The summed E-state index contributed by atoms with van der Waals surface area (Å²) in [4.78, 5) is 34.4. The van der Waals surface area contributed by atoms with Gasteiger partial charge in [0.15, 0.2) is 0 Å². The van der Waals surface area contributed by atoms with Crippen LogP contribution in [0.1, 0.15) is 36.0 Å². The quantitative estimate of drug-likeness (QED) is 0.194. The molecule has 0 heterocycles. The van der Waals surface area contributed by atoms with Crippen LogP contribution in [0.4, 0.5) is 0 Å². The molecule has 0 fully saturated rings. The molecule has 0 aliphatic heterocycles. The van der Waals surface area contributed by atoms with Gasteiger partial charge in [0.25, 0.3) is 0 Å². The Morgan fingerprint density at radius 3 is 1.78 bits per heavy atom. The fourth-order valence-electron chi connectivity index (χ4n) is 2.57. The number of esters is 3. The van der Waals surface area contributed by atoms with E-state index in [0.29, 0.717) is 36.0 Å². The zero-order chi connectivity index (χ0) is 23.2. The maximum absolute atomic E-state index is 12.3. The number of rotatable bonds is 13. The van der Waals surface area contributed by atoms with Crippen LogP contribution in [-0.2, 0) is 14.3 Å². The molecule has 7 nitrogen and oxygen atoms in total. The van der Waals surface area contributed by atoms with Gasteiger partial charge in [-0.2, -0.15) is 0 Å². The number of hydrogen-bond acceptors (Lipinski definition) is 7. The van der Waals surface area contributed by atoms with Gasteiger partial charge in [0.05, 0.1) is 18.8 Å². The van der Waals surface area contributed by atoms with Crippen molar-refractivity contribution in [3.63, 3.8) is 0 Å². The lowest BCUT2D eigenvalue weighted by atomic mass is 10.2. The first-order chi connectivity index (χ1) is 15.5. The molecule has 0 N–H and O–H groups in total. The summed E-state index contributed by atoms with van der Waals surface area (Å²) in [5.41, 5.74) is 0.383. The molecule has 0 radical (unpaired) electrons. The maximum atomic E-state index is 12.3. The van der Waals surface area contributed by atoms with Crippen LogP contribution >= 0.6 is 0 Å². The minimum Gasteiger partial charge on any atom is -0.494 e. The van der Waals surface area contributed by atoms with Crippen LogP contribution in [0.3, 0.4) is 0 Å². The normalized spacial score (nSPS) is 10.0. The number of ether oxygens (including phenoxy) is 4. The molecule has 168 valence electrons. The number of carbonyl (C=O) groups is 3. The van der Waals surface area contributed by atoms with Crippen molar-refractivity contribution in [2.24, 2.45) is 0 Å². The summed E-state index contributed by atoms with van der Waals surface area (Å²) < 4.78 is 20.9. The second kappa shape index (κ2) is 13.4. The molecule has 0 unspecified atom stereocenters. The first kappa shape index (κ1) is 24.4. The van der Waals surface area contributed by atoms with Crippen molar-refractivity contribution in [2.45, 2.75) is 25.7 Å². The second-order valence-electron chi connectivity index (χ2n) is 6.64. The van der Waals surface area contributed by atoms with Crippen molar-refractivity contribution >= 4 is 17.9 Å². The Labute approximate surface area is 187 Å². The van der Waals surface area contributed by atoms with E-state index in [0.717, 1.165) is 37.8 Å². The number of hydrogen-bond donors (Lipinski definition) is 0. The molecule has 0 atom stereocenters. The Morgan fingerprint density at radius 2 is 1.19 bits per heavy atom. The van der Waals surface area contributed by atoms with Crippen molar-refractivity contribution in [3.8, 4) is 17.2 Å². The van der Waals surface area contributed by atoms with E-state index in [1.165, 1.54) is 24.3 Å². The molecule has 0 aliphatic carbocycles. The third kappa shape index (κ3) is 8.87. The van der Waals surface area contributed by atoms with Gasteiger partial charge in [-0.1, -0.05) is 13.2 Å². The summed E-state index contributed by atoms with van der Waals surface area (Å²) in [6.45, 7) is 7.62. The molecule has 0 amide bonds. The molecule has 0 saturated heterocycles. The largest absolute Gasteiger partial charge is 0.494 e. The average Bonchev–Trinajstić information content (AvgIpc) is 2.82. The van der Waals surface area contributed by atoms with Crippen LogP contribution < -0.4 is 14.2 Å². The van der Waals surface area contributed by atoms with Gasteiger partial charge < -0.3 is 18.9 Å². The number of unbranched alkanes of at least 4 members (excludes halogenated alkanes) is 3. The predicted molar refractivity (Wildman–Crippen MR) is 119 cm³/mol. The predicted octanol–water partition coefficient (Wildman–Crippen LogP) is 4.67. The molecule has 0 spiro atoms. The van der Waals surface area contributed by atoms with Gasteiger partial charge in [-0.15, -0.1) is 0 Å². The first-order valence-corrected chi connectivity index (χ1v) is 10.2. The number of carbonyl (C=O) groups excluding carboxylic acids is 3. The Hall–Kier alpha value is -3.87. The van der Waals surface area contributed by atoms with E-state index in [1.807, 2.05) is 0 Å². The zero-order valence-corrected chi connectivity index (χ0v) is 17.8. The van der Waals surface area contributed by atoms with E-state index in [-0.39, 0.29) is 0 Å². The Bertz CT molecular complexity index is 914. The van der Waals surface area contributed by atoms with Crippen molar-refractivity contribution in [2.75, 3.05) is 13.2 Å². The Kier molecular flexibility index (Phi) is 10.2. The number of benzene rings is 2. The van der Waals surface area contributed by atoms with E-state index in [2.05, 4.69) is 13.2 Å². The topological polar surface area (TPSA) is 88.1 Å². The highest BCUT2D eigenvalue weighted by molar-refractivity contribution is 5.91. The fourth-order valence-corrected chi connectivity index (χ4v) is 2.57. The molecule has 0 saturated carbocycles. The molecule has 0 aliphatic rings. The third-order valence-electron chi connectivity index (χ3n) is 4.23. The van der Waals surface area contributed by atoms with E-state index in [1.54, 1.807) is 24.3 Å². The van der Waals surface area contributed by atoms with Gasteiger partial charge in [0.2, 0.25) is 0 Å². The highest BCUT2D eigenvalue weighted by Crippen LogP contribution is 2.20. The van der Waals surface area contributed by atoms with Crippen LogP contribution in [0.5, 0.6) is 17.2 Å². The summed E-state index contributed by atoms with van der Waals surface area (Å²) >= 11 is 0. The summed E-state index contributed by atoms with van der Waals surface area (Å²) in [7, 11) is 0. The van der Waals surface area contributed by atoms with Crippen molar-refractivity contribution in [1.29, 1.82) is 0 Å². The van der Waals surface area contributed by atoms with Crippen molar-refractivity contribution < 1.29 is 33.3 Å². The molecule has 2 aromatic rings. The summed E-state index contributed by atoms with van der Waals surface area (Å²) in [5, 5.41) is 0. The fraction of sp³-hybridized carbons (Fsp3) is 0.240. The molecule has 2 rings (SSSR count). The standard InChI is InChI=1S/C25H26O7/c1-3-23(26)30-18-8-6-5-7-17-29-20-11-9-19(10-12-20)25(28)32-22-15-13-21(14-16-22)31-24(27)4-2/h3-4,9-16H,1-2,5-8,17-18H2. The molecule has 2 aromatic carbocycles. The minimum absolute atomic E-state index is 0.326. The van der Waals surface area contributed by atoms with Gasteiger partial charge >= 0.3 is 17.9 Å². The zero-order valence-electron chi connectivity index (χ0n) is 17.8. The third-order valence-corrected chi connectivity index (χ3v) is 4.23. The molecule has 0 aromatic heterocycles. The molecule has 0 bridgehead atoms. The smallest absolute Gasteiger partial charge is 0.343 e. The highest BCUT2D eigenvalue weighted by Gasteiger charge is 2.09. The van der Waals surface area contributed by atoms with Crippen LogP contribution in [0, 0.1) is 0 Å². The van der Waals surface area contributed by atoms with Crippen molar-refractivity contribution in [1.82, 2.24) is 0 Å². The lowest BCUT2D eigenvalue weighted by molar-refractivity contribution is -0.137. The van der Waals surface area contributed by atoms with Gasteiger partial charge in [-0.05, 0) is 74.2 Å². The van der Waals surface area contributed by atoms with Crippen LogP contribution in [0.15, 0.2) is 73.8 Å². The summed E-state index contributed by atoms with van der Waals surface area (Å²) in [5.74, 6) is -0.159. The van der Waals surface area contributed by atoms with E-state index in [4.69, 9.17) is 18.9 Å². The van der Waals surface area contributed by atoms with Gasteiger partial charge in [-0.25, -0.2) is 14.4 Å². The molecular formula is C25H26O7. The second-order valence-corrected chi connectivity index (χ2v) is 6.64. The first-order valence-electron chi connectivity index (χ1n) is 10.2. The van der Waals surface area contributed by atoms with E-state index < -0.39 is 17.9 Å². The lowest BCUT2D eigenvalue weighted by Gasteiger charge is -2.08. The van der Waals surface area contributed by atoms with E-state index >= 15 is 0 Å². The summed E-state index contributed by atoms with van der Waals surface area (Å²) in [6, 6.07) is 12.8. The molecule has 32 heavy (non-hydrogen) atoms. The summed E-state index contributed by atoms with van der Waals surface area (Å²) in [6.07, 6.45) is 5.79. The van der Waals surface area contributed by atoms with Gasteiger partial charge in [-0.3, -0.25) is 0 Å². The SMILES string of the molecule is C=CC(=O)OCCCCCCOc1ccc(C(=O)Oc2ccc(OC(=O)C=C)cc2)cc1. The van der Waals surface area contributed by atoms with E-state index in [9.17, 15) is 14.4 Å². The maximum Gasteiger partial charge on any atom is 0.343 e. The monoisotopic (exact) mass is 438 g/mol. The van der Waals surface area contributed by atoms with Crippen LogP contribution in [0.25, 0.3) is 0 Å². The Balaban J connectivity index is 1.68. The molecule has 7 heteroatoms.